The van der Waals surface area contributed by atoms with Crippen molar-refractivity contribution < 1.29 is 9.53 Å². The SMILES string of the molecule is CC(=O)OCCC=CC=CC#Cc1cccs1. The van der Waals surface area contributed by atoms with Crippen LogP contribution in [0.15, 0.2) is 41.8 Å². The summed E-state index contributed by atoms with van der Waals surface area (Å²) in [5.41, 5.74) is 0. The molecule has 1 heterocycles. The third-order valence-corrected chi connectivity index (χ3v) is 2.52. The first-order valence-electron chi connectivity index (χ1n) is 5.29. The molecular formula is C14H14O2S. The van der Waals surface area contributed by atoms with E-state index in [2.05, 4.69) is 11.8 Å². The van der Waals surface area contributed by atoms with Crippen LogP contribution in [0, 0.1) is 11.8 Å². The van der Waals surface area contributed by atoms with Crippen molar-refractivity contribution >= 4 is 17.3 Å². The Balaban J connectivity index is 2.17. The highest BCUT2D eigenvalue weighted by Gasteiger charge is 1.87. The van der Waals surface area contributed by atoms with Gasteiger partial charge in [-0.05, 0) is 23.9 Å². The van der Waals surface area contributed by atoms with Gasteiger partial charge in [0.2, 0.25) is 0 Å². The highest BCUT2D eigenvalue weighted by atomic mass is 32.1. The van der Waals surface area contributed by atoms with Crippen LogP contribution in [-0.2, 0) is 9.53 Å². The second-order valence-electron chi connectivity index (χ2n) is 3.16. The summed E-state index contributed by atoms with van der Waals surface area (Å²) in [5, 5.41) is 2.00. The molecule has 0 unspecified atom stereocenters. The molecule has 0 aromatic carbocycles. The fraction of sp³-hybridized carbons (Fsp3) is 0.214. The summed E-state index contributed by atoms with van der Waals surface area (Å²) >= 11 is 1.63. The summed E-state index contributed by atoms with van der Waals surface area (Å²) in [4.78, 5) is 11.5. The molecule has 0 aliphatic rings. The summed E-state index contributed by atoms with van der Waals surface area (Å²) in [6, 6.07) is 3.97. The van der Waals surface area contributed by atoms with Crippen LogP contribution in [0.3, 0.4) is 0 Å². The van der Waals surface area contributed by atoms with Gasteiger partial charge < -0.3 is 4.74 Å². The highest BCUT2D eigenvalue weighted by Crippen LogP contribution is 2.05. The van der Waals surface area contributed by atoms with Crippen molar-refractivity contribution in [1.29, 1.82) is 0 Å². The summed E-state index contributed by atoms with van der Waals surface area (Å²) < 4.78 is 4.78. The van der Waals surface area contributed by atoms with Crippen molar-refractivity contribution in [2.24, 2.45) is 0 Å². The fourth-order valence-electron chi connectivity index (χ4n) is 1.01. The van der Waals surface area contributed by atoms with Crippen molar-refractivity contribution in [2.45, 2.75) is 13.3 Å². The minimum atomic E-state index is -0.240. The molecule has 1 aromatic heterocycles. The molecule has 88 valence electrons. The average Bonchev–Trinajstić information content (AvgIpc) is 2.79. The predicted molar refractivity (Wildman–Crippen MR) is 70.7 cm³/mol. The third-order valence-electron chi connectivity index (χ3n) is 1.73. The van der Waals surface area contributed by atoms with E-state index < -0.39 is 0 Å². The summed E-state index contributed by atoms with van der Waals surface area (Å²) in [6.45, 7) is 1.84. The lowest BCUT2D eigenvalue weighted by Gasteiger charge is -1.95. The third kappa shape index (κ3) is 7.15. The largest absolute Gasteiger partial charge is 0.466 e. The first-order chi connectivity index (χ1) is 8.29. The number of carbonyl (C=O) groups is 1. The van der Waals surface area contributed by atoms with Crippen molar-refractivity contribution in [2.75, 3.05) is 6.61 Å². The molecule has 0 spiro atoms. The van der Waals surface area contributed by atoms with Crippen LogP contribution >= 0.6 is 11.3 Å². The van der Waals surface area contributed by atoms with Crippen LogP contribution < -0.4 is 0 Å². The summed E-state index contributed by atoms with van der Waals surface area (Å²) in [6.07, 6.45) is 8.22. The Morgan fingerprint density at radius 2 is 2.41 bits per heavy atom. The van der Waals surface area contributed by atoms with Gasteiger partial charge in [-0.2, -0.15) is 0 Å². The lowest BCUT2D eigenvalue weighted by molar-refractivity contribution is -0.140. The van der Waals surface area contributed by atoms with Crippen molar-refractivity contribution in [1.82, 2.24) is 0 Å². The number of rotatable bonds is 4. The van der Waals surface area contributed by atoms with E-state index >= 15 is 0 Å². The Hall–Kier alpha value is -1.79. The van der Waals surface area contributed by atoms with Gasteiger partial charge in [0, 0.05) is 6.92 Å². The zero-order valence-electron chi connectivity index (χ0n) is 9.68. The average molecular weight is 246 g/mol. The van der Waals surface area contributed by atoms with E-state index in [0.717, 1.165) is 11.3 Å². The molecule has 0 N–H and O–H groups in total. The first-order valence-corrected chi connectivity index (χ1v) is 6.17. The van der Waals surface area contributed by atoms with Gasteiger partial charge >= 0.3 is 5.97 Å². The number of hydrogen-bond donors (Lipinski definition) is 0. The maximum Gasteiger partial charge on any atom is 0.302 e. The Kier molecular flexibility index (Phi) is 6.54. The minimum Gasteiger partial charge on any atom is -0.466 e. The number of carbonyl (C=O) groups excluding carboxylic acids is 1. The van der Waals surface area contributed by atoms with E-state index in [1.165, 1.54) is 6.92 Å². The van der Waals surface area contributed by atoms with Crippen molar-refractivity contribution in [3.8, 4) is 11.8 Å². The van der Waals surface area contributed by atoms with Gasteiger partial charge in [-0.3, -0.25) is 4.79 Å². The molecule has 2 nitrogen and oxygen atoms in total. The Bertz CT molecular complexity index is 444. The van der Waals surface area contributed by atoms with Crippen LogP contribution in [0.1, 0.15) is 18.2 Å². The lowest BCUT2D eigenvalue weighted by atomic mass is 10.3. The second kappa shape index (κ2) is 8.37. The van der Waals surface area contributed by atoms with E-state index in [9.17, 15) is 4.79 Å². The zero-order valence-corrected chi connectivity index (χ0v) is 10.5. The molecule has 0 bridgehead atoms. The predicted octanol–water partition coefficient (Wildman–Crippen LogP) is 3.17. The van der Waals surface area contributed by atoms with Crippen LogP contribution in [0.2, 0.25) is 0 Å². The lowest BCUT2D eigenvalue weighted by Crippen LogP contribution is -1.98. The summed E-state index contributed by atoms with van der Waals surface area (Å²) in [5.74, 6) is 5.72. The van der Waals surface area contributed by atoms with Gasteiger partial charge in [0.1, 0.15) is 0 Å². The molecule has 0 aliphatic heterocycles. The zero-order chi connectivity index (χ0) is 12.3. The number of ether oxygens (including phenoxy) is 1. The van der Waals surface area contributed by atoms with E-state index in [1.54, 1.807) is 17.4 Å². The quantitative estimate of drug-likeness (QED) is 0.353. The molecular weight excluding hydrogens is 232 g/mol. The number of hydrogen-bond acceptors (Lipinski definition) is 3. The monoisotopic (exact) mass is 246 g/mol. The molecule has 1 rings (SSSR count). The van der Waals surface area contributed by atoms with Gasteiger partial charge in [-0.1, -0.05) is 36.1 Å². The number of esters is 1. The molecule has 0 aliphatic carbocycles. The maximum atomic E-state index is 10.5. The number of allylic oxidation sites excluding steroid dienone is 3. The minimum absolute atomic E-state index is 0.240. The fourth-order valence-corrected chi connectivity index (χ4v) is 1.59. The molecule has 0 saturated heterocycles. The Morgan fingerprint density at radius 1 is 1.53 bits per heavy atom. The molecule has 0 radical (unpaired) electrons. The maximum absolute atomic E-state index is 10.5. The van der Waals surface area contributed by atoms with E-state index in [-0.39, 0.29) is 5.97 Å². The van der Waals surface area contributed by atoms with Gasteiger partial charge in [-0.15, -0.1) is 11.3 Å². The molecule has 0 atom stereocenters. The Morgan fingerprint density at radius 3 is 3.12 bits per heavy atom. The van der Waals surface area contributed by atoms with E-state index in [0.29, 0.717) is 6.61 Å². The van der Waals surface area contributed by atoms with Gasteiger partial charge in [0.05, 0.1) is 11.5 Å². The number of thiophene rings is 1. The second-order valence-corrected chi connectivity index (χ2v) is 4.11. The Labute approximate surface area is 106 Å². The first kappa shape index (κ1) is 13.3. The van der Waals surface area contributed by atoms with Crippen LogP contribution in [0.25, 0.3) is 0 Å². The standard InChI is InChI=1S/C14H14O2S/c1-13(15)16-11-7-5-3-2-4-6-9-14-10-8-12-17-14/h2-5,8,10,12H,7,11H2,1H3. The van der Waals surface area contributed by atoms with E-state index in [1.807, 2.05) is 35.7 Å². The molecule has 3 heteroatoms. The highest BCUT2D eigenvalue weighted by molar-refractivity contribution is 7.10. The van der Waals surface area contributed by atoms with Crippen LogP contribution in [-0.4, -0.2) is 12.6 Å². The normalized spacial score (nSPS) is 10.4. The van der Waals surface area contributed by atoms with Crippen molar-refractivity contribution in [3.63, 3.8) is 0 Å². The molecule has 17 heavy (non-hydrogen) atoms. The topological polar surface area (TPSA) is 26.3 Å². The molecule has 0 fully saturated rings. The van der Waals surface area contributed by atoms with Crippen LogP contribution in [0.4, 0.5) is 0 Å². The van der Waals surface area contributed by atoms with Gasteiger partial charge in [0.25, 0.3) is 0 Å². The molecule has 0 saturated carbocycles. The van der Waals surface area contributed by atoms with E-state index in [4.69, 9.17) is 4.74 Å². The van der Waals surface area contributed by atoms with Crippen molar-refractivity contribution in [3.05, 3.63) is 46.7 Å². The smallest absolute Gasteiger partial charge is 0.302 e. The molecule has 0 amide bonds. The van der Waals surface area contributed by atoms with Gasteiger partial charge in [0.15, 0.2) is 0 Å². The van der Waals surface area contributed by atoms with Crippen LogP contribution in [0.5, 0.6) is 0 Å². The summed E-state index contributed by atoms with van der Waals surface area (Å²) in [7, 11) is 0. The molecule has 1 aromatic rings. The van der Waals surface area contributed by atoms with Gasteiger partial charge in [-0.25, -0.2) is 0 Å².